The lowest BCUT2D eigenvalue weighted by atomic mass is 10.0. The highest BCUT2D eigenvalue weighted by atomic mass is 79.9. The number of hydrogen-bond donors (Lipinski definition) is 6. The van der Waals surface area contributed by atoms with Crippen LogP contribution >= 0.6 is 15.9 Å². The van der Waals surface area contributed by atoms with Gasteiger partial charge in [-0.15, -0.1) is 0 Å². The van der Waals surface area contributed by atoms with Crippen LogP contribution in [-0.2, 0) is 11.2 Å². The number of carboxylic acids is 1. The number of nitrogens with one attached hydrogen (secondary N) is 2. The third-order valence-corrected chi connectivity index (χ3v) is 3.82. The highest BCUT2D eigenvalue weighted by molar-refractivity contribution is 9.10. The van der Waals surface area contributed by atoms with E-state index in [1.165, 1.54) is 0 Å². The number of fused-ring (bicyclic) bond motifs is 1. The zero-order chi connectivity index (χ0) is 15.6. The van der Waals surface area contributed by atoms with Crippen LogP contribution in [0.4, 0.5) is 11.4 Å². The Bertz CT molecular complexity index is 540. The molecule has 1 aromatic rings. The van der Waals surface area contributed by atoms with E-state index in [0.717, 1.165) is 10.0 Å². The van der Waals surface area contributed by atoms with E-state index in [4.69, 9.17) is 10.8 Å². The van der Waals surface area contributed by atoms with Crippen molar-refractivity contribution in [3.63, 3.8) is 0 Å². The van der Waals surface area contributed by atoms with E-state index in [1.54, 1.807) is 6.07 Å². The second-order valence-corrected chi connectivity index (χ2v) is 5.92. The number of halogens is 1. The summed E-state index contributed by atoms with van der Waals surface area (Å²) in [5.41, 5.74) is 7.78. The molecule has 8 heteroatoms. The molecule has 7 nitrogen and oxygen atoms in total. The molecule has 0 aromatic heterocycles. The van der Waals surface area contributed by atoms with Gasteiger partial charge in [-0.2, -0.15) is 0 Å². The van der Waals surface area contributed by atoms with Gasteiger partial charge < -0.3 is 31.7 Å². The molecule has 0 aliphatic carbocycles. The van der Waals surface area contributed by atoms with Gasteiger partial charge in [0.25, 0.3) is 0 Å². The van der Waals surface area contributed by atoms with Crippen molar-refractivity contribution < 1.29 is 20.1 Å². The van der Waals surface area contributed by atoms with Gasteiger partial charge in [-0.05, 0) is 37.0 Å². The van der Waals surface area contributed by atoms with E-state index >= 15 is 0 Å². The summed E-state index contributed by atoms with van der Waals surface area (Å²) < 4.78 is 0.830. The van der Waals surface area contributed by atoms with E-state index < -0.39 is 24.5 Å². The fourth-order valence-corrected chi connectivity index (χ4v) is 2.75. The van der Waals surface area contributed by atoms with Crippen LogP contribution in [0.2, 0.25) is 0 Å². The van der Waals surface area contributed by atoms with Gasteiger partial charge in [-0.25, -0.2) is 0 Å². The molecule has 1 aliphatic heterocycles. The molecule has 2 rings (SSSR count). The van der Waals surface area contributed by atoms with Crippen LogP contribution in [0.25, 0.3) is 0 Å². The average Bonchev–Trinajstić information content (AvgIpc) is 2.40. The summed E-state index contributed by atoms with van der Waals surface area (Å²) in [6.45, 7) is 0. The minimum Gasteiger partial charge on any atom is -0.480 e. The van der Waals surface area contributed by atoms with Gasteiger partial charge in [0.2, 0.25) is 0 Å². The van der Waals surface area contributed by atoms with E-state index in [1.807, 2.05) is 6.07 Å². The van der Waals surface area contributed by atoms with Crippen LogP contribution in [0.1, 0.15) is 18.4 Å². The second kappa shape index (κ2) is 6.61. The van der Waals surface area contributed by atoms with Gasteiger partial charge in [-0.3, -0.25) is 4.79 Å². The maximum atomic E-state index is 10.7. The number of aryl methyl sites for hydroxylation is 1. The summed E-state index contributed by atoms with van der Waals surface area (Å²) in [5.74, 6) is -1.01. The van der Waals surface area contributed by atoms with Crippen LogP contribution in [0, 0.1) is 0 Å². The standard InChI is InChI=1S/C13H18BrN3O4/c14-7-4-6(2-1-3-8(15)13(20)21)10-9(5-7)16-11(18)12(19)17-10/h4-5,8,11-12,16-19H,1-3,15H2,(H,20,21). The van der Waals surface area contributed by atoms with Crippen molar-refractivity contribution in [2.24, 2.45) is 5.73 Å². The number of aliphatic hydroxyl groups is 2. The summed E-state index contributed by atoms with van der Waals surface area (Å²) in [6.07, 6.45) is -0.592. The molecule has 1 aliphatic rings. The SMILES string of the molecule is NC(CCCc1cc(Br)cc2c1NC(O)C(O)N2)C(=O)O. The molecule has 3 atom stereocenters. The second-order valence-electron chi connectivity index (χ2n) is 5.00. The summed E-state index contributed by atoms with van der Waals surface area (Å²) in [4.78, 5) is 10.7. The van der Waals surface area contributed by atoms with E-state index in [0.29, 0.717) is 30.6 Å². The maximum Gasteiger partial charge on any atom is 0.320 e. The molecule has 0 spiro atoms. The van der Waals surface area contributed by atoms with Crippen molar-refractivity contribution in [2.75, 3.05) is 10.6 Å². The zero-order valence-electron chi connectivity index (χ0n) is 11.2. The Morgan fingerprint density at radius 3 is 2.67 bits per heavy atom. The Labute approximate surface area is 130 Å². The fraction of sp³-hybridized carbons (Fsp3) is 0.462. The van der Waals surface area contributed by atoms with Crippen molar-refractivity contribution in [1.82, 2.24) is 0 Å². The number of rotatable bonds is 5. The number of aliphatic hydroxyl groups excluding tert-OH is 2. The van der Waals surface area contributed by atoms with Crippen LogP contribution < -0.4 is 16.4 Å². The summed E-state index contributed by atoms with van der Waals surface area (Å²) >= 11 is 3.39. The predicted molar refractivity (Wildman–Crippen MR) is 82.0 cm³/mol. The number of benzene rings is 1. The van der Waals surface area contributed by atoms with Crippen LogP contribution in [0.15, 0.2) is 16.6 Å². The van der Waals surface area contributed by atoms with Gasteiger partial charge in [0, 0.05) is 4.47 Å². The Morgan fingerprint density at radius 1 is 1.33 bits per heavy atom. The van der Waals surface area contributed by atoms with Crippen molar-refractivity contribution >= 4 is 33.3 Å². The molecular weight excluding hydrogens is 342 g/mol. The van der Waals surface area contributed by atoms with Crippen molar-refractivity contribution in [1.29, 1.82) is 0 Å². The van der Waals surface area contributed by atoms with E-state index in [-0.39, 0.29) is 0 Å². The smallest absolute Gasteiger partial charge is 0.320 e. The van der Waals surface area contributed by atoms with E-state index in [2.05, 4.69) is 26.6 Å². The monoisotopic (exact) mass is 359 g/mol. The van der Waals surface area contributed by atoms with Gasteiger partial charge in [-0.1, -0.05) is 15.9 Å². The first kappa shape index (κ1) is 16.0. The van der Waals surface area contributed by atoms with Crippen LogP contribution in [0.3, 0.4) is 0 Å². The van der Waals surface area contributed by atoms with Gasteiger partial charge in [0.1, 0.15) is 6.04 Å². The lowest BCUT2D eigenvalue weighted by molar-refractivity contribution is -0.138. The van der Waals surface area contributed by atoms with Gasteiger partial charge in [0.15, 0.2) is 12.5 Å². The number of aliphatic carboxylic acids is 1. The van der Waals surface area contributed by atoms with Crippen LogP contribution in [0.5, 0.6) is 0 Å². The molecule has 116 valence electrons. The Hall–Kier alpha value is -1.35. The maximum absolute atomic E-state index is 10.7. The Kier molecular flexibility index (Phi) is 5.04. The average molecular weight is 360 g/mol. The first-order valence-electron chi connectivity index (χ1n) is 6.58. The fourth-order valence-electron chi connectivity index (χ4n) is 2.25. The third-order valence-electron chi connectivity index (χ3n) is 3.36. The number of carbonyl (C=O) groups is 1. The van der Waals surface area contributed by atoms with Crippen molar-refractivity contribution in [3.8, 4) is 0 Å². The number of nitrogens with two attached hydrogens (primary N) is 1. The molecular formula is C13H18BrN3O4. The van der Waals surface area contributed by atoms with Crippen molar-refractivity contribution in [3.05, 3.63) is 22.2 Å². The zero-order valence-corrected chi connectivity index (χ0v) is 12.8. The largest absolute Gasteiger partial charge is 0.480 e. The minimum absolute atomic E-state index is 0.370. The van der Waals surface area contributed by atoms with Crippen LogP contribution in [-0.4, -0.2) is 39.8 Å². The quantitative estimate of drug-likeness (QED) is 0.455. The summed E-state index contributed by atoms with van der Waals surface area (Å²) in [5, 5.41) is 33.7. The molecule has 1 aromatic carbocycles. The highest BCUT2D eigenvalue weighted by Gasteiger charge is 2.25. The molecule has 21 heavy (non-hydrogen) atoms. The van der Waals surface area contributed by atoms with Gasteiger partial charge >= 0.3 is 5.97 Å². The molecule has 0 fully saturated rings. The number of carboxylic acid groups (broad SMARTS) is 1. The van der Waals surface area contributed by atoms with Crippen molar-refractivity contribution in [2.45, 2.75) is 37.8 Å². The molecule has 7 N–H and O–H groups in total. The molecule has 0 bridgehead atoms. The lowest BCUT2D eigenvalue weighted by Gasteiger charge is -2.31. The first-order chi connectivity index (χ1) is 9.88. The predicted octanol–water partition coefficient (Wildman–Crippen LogP) is 0.658. The molecule has 0 saturated carbocycles. The molecule has 3 unspecified atom stereocenters. The summed E-state index contributed by atoms with van der Waals surface area (Å²) in [7, 11) is 0. The third kappa shape index (κ3) is 3.85. The number of hydrogen-bond acceptors (Lipinski definition) is 6. The van der Waals surface area contributed by atoms with E-state index in [9.17, 15) is 15.0 Å². The topological polar surface area (TPSA) is 128 Å². The van der Waals surface area contributed by atoms with Gasteiger partial charge in [0.05, 0.1) is 11.4 Å². The highest BCUT2D eigenvalue weighted by Crippen LogP contribution is 2.35. The summed E-state index contributed by atoms with van der Waals surface area (Å²) in [6, 6.07) is 2.82. The normalized spacial score (nSPS) is 21.9. The molecule has 0 radical (unpaired) electrons. The molecule has 0 saturated heterocycles. The lowest BCUT2D eigenvalue weighted by Crippen LogP contribution is -2.43. The Balaban J connectivity index is 2.11. The first-order valence-corrected chi connectivity index (χ1v) is 7.38. The minimum atomic E-state index is -1.10. The number of anilines is 2. The molecule has 1 heterocycles. The Morgan fingerprint density at radius 2 is 2.00 bits per heavy atom. The molecule has 0 amide bonds.